The Labute approximate surface area is 469 Å². The summed E-state index contributed by atoms with van der Waals surface area (Å²) in [5, 5.41) is 11.7. The lowest BCUT2D eigenvalue weighted by atomic mass is 9.82. The van der Waals surface area contributed by atoms with Gasteiger partial charge in [0.1, 0.15) is 6.10 Å². The van der Waals surface area contributed by atoms with Gasteiger partial charge in [-0.15, -0.1) is 0 Å². The summed E-state index contributed by atoms with van der Waals surface area (Å²) >= 11 is 5.46. The van der Waals surface area contributed by atoms with Gasteiger partial charge in [-0.2, -0.15) is 0 Å². The molecule has 6 rings (SSSR count). The van der Waals surface area contributed by atoms with Crippen LogP contribution in [0.3, 0.4) is 0 Å². The average Bonchev–Trinajstić information content (AvgIpc) is 3.49. The summed E-state index contributed by atoms with van der Waals surface area (Å²) in [7, 11) is -6.43. The van der Waals surface area contributed by atoms with Crippen molar-refractivity contribution in [3.8, 4) is 0 Å². The van der Waals surface area contributed by atoms with Crippen molar-refractivity contribution in [2.24, 2.45) is 44.9 Å². The average molecular weight is 1160 g/mol. The summed E-state index contributed by atoms with van der Waals surface area (Å²) in [6, 6.07) is 27.0. The predicted octanol–water partition coefficient (Wildman–Crippen LogP) is 13.0. The maximum absolute atomic E-state index is 14.2. The molecule has 3 aromatic carbocycles. The zero-order valence-electron chi connectivity index (χ0n) is 46.4. The molecular weight excluding hydrogens is 1080 g/mol. The Hall–Kier alpha value is -4.14. The van der Waals surface area contributed by atoms with E-state index in [1.165, 1.54) is 20.4 Å². The van der Waals surface area contributed by atoms with Crippen molar-refractivity contribution in [2.75, 3.05) is 53.4 Å². The number of azide groups is 3. The number of ether oxygens (including phenoxy) is 7. The highest BCUT2D eigenvalue weighted by atomic mass is 35.5. The first-order chi connectivity index (χ1) is 38.0. The van der Waals surface area contributed by atoms with Crippen molar-refractivity contribution in [1.82, 2.24) is 4.84 Å². The molecule has 436 valence electrons. The fourth-order valence-corrected chi connectivity index (χ4v) is 11.6. The van der Waals surface area contributed by atoms with Crippen LogP contribution in [0.15, 0.2) is 106 Å². The summed E-state index contributed by atoms with van der Waals surface area (Å²) < 4.78 is 92.3. The second-order valence-corrected chi connectivity index (χ2v) is 24.5. The van der Waals surface area contributed by atoms with Crippen molar-refractivity contribution < 1.29 is 60.4 Å². The smallest absolute Gasteiger partial charge is 0.330 e. The maximum Gasteiger partial charge on any atom is 0.330 e. The van der Waals surface area contributed by atoms with Gasteiger partial charge in [0.15, 0.2) is 18.9 Å². The molecule has 0 amide bonds. The molecule has 1 N–H and O–H groups in total. The SMILES string of the molecule is COP(C)(=O)O[C@H]1OC(COCc2ccccc2)[C@@H](OP(C)(=O)O[C@H]2OC(COCc3ccccc3)[C@@H](C)[C@H](C)C2N=[N+]=[N-])[C@H](C)C1N=[N+]=[N-].C[C@@H]1C(COCc2ccccc2)O[C@H](OCCCCCCNCl)C(N=[N+]=[N-])[C@H]1C. The van der Waals surface area contributed by atoms with Crippen LogP contribution >= 0.6 is 27.0 Å². The van der Waals surface area contributed by atoms with Gasteiger partial charge in [0.05, 0.1) is 76.1 Å². The Balaban J connectivity index is 0.000000336. The Kier molecular flexibility index (Phi) is 28.5. The van der Waals surface area contributed by atoms with Crippen LogP contribution in [0.5, 0.6) is 0 Å². The molecule has 0 saturated carbocycles. The summed E-state index contributed by atoms with van der Waals surface area (Å²) in [6.45, 7) is 15.5. The molecule has 0 radical (unpaired) electrons. The first-order valence-electron chi connectivity index (χ1n) is 26.7. The highest BCUT2D eigenvalue weighted by Gasteiger charge is 2.50. The van der Waals surface area contributed by atoms with Crippen LogP contribution in [0.25, 0.3) is 31.3 Å². The highest BCUT2D eigenvalue weighted by molar-refractivity contribution is 7.53. The fraction of sp³-hybridized carbons (Fsp3) is 0.660. The van der Waals surface area contributed by atoms with Crippen LogP contribution in [0.4, 0.5) is 0 Å². The number of nitrogens with zero attached hydrogens (tertiary/aromatic N) is 9. The molecule has 0 aromatic heterocycles. The fourth-order valence-electron chi connectivity index (χ4n) is 9.42. The van der Waals surface area contributed by atoms with Crippen LogP contribution < -0.4 is 4.84 Å². The lowest BCUT2D eigenvalue weighted by Crippen LogP contribution is -2.55. The number of benzene rings is 3. The van der Waals surface area contributed by atoms with E-state index in [0.29, 0.717) is 26.4 Å². The molecule has 0 spiro atoms. The highest BCUT2D eigenvalue weighted by Crippen LogP contribution is 2.53. The Morgan fingerprint density at radius 3 is 1.37 bits per heavy atom. The molecule has 17 atom stereocenters. The van der Waals surface area contributed by atoms with E-state index >= 15 is 0 Å². The Morgan fingerprint density at radius 2 is 0.924 bits per heavy atom. The minimum absolute atomic E-state index is 0.0651. The van der Waals surface area contributed by atoms with Crippen molar-refractivity contribution >= 4 is 27.0 Å². The molecule has 79 heavy (non-hydrogen) atoms. The lowest BCUT2D eigenvalue weighted by Gasteiger charge is -2.45. The third-order valence-corrected chi connectivity index (χ3v) is 17.2. The van der Waals surface area contributed by atoms with E-state index < -0.39 is 70.4 Å². The molecule has 3 aromatic rings. The van der Waals surface area contributed by atoms with Gasteiger partial charge >= 0.3 is 15.2 Å². The van der Waals surface area contributed by atoms with E-state index in [4.69, 9.17) is 68.6 Å². The molecule has 3 aliphatic heterocycles. The summed E-state index contributed by atoms with van der Waals surface area (Å²) in [6.07, 6.45) is -1.48. The molecule has 3 heterocycles. The molecule has 3 fully saturated rings. The van der Waals surface area contributed by atoms with Crippen LogP contribution in [-0.2, 0) is 80.2 Å². The van der Waals surface area contributed by atoms with Gasteiger partial charge in [-0.3, -0.25) is 18.2 Å². The van der Waals surface area contributed by atoms with Crippen LogP contribution in [-0.4, -0.2) is 115 Å². The number of unbranched alkanes of at least 4 members (excludes halogenated alkanes) is 3. The van der Waals surface area contributed by atoms with E-state index in [1.54, 1.807) is 6.92 Å². The van der Waals surface area contributed by atoms with Gasteiger partial charge in [-0.25, -0.2) is 4.84 Å². The topological polar surface area (TPSA) is 294 Å². The van der Waals surface area contributed by atoms with Crippen LogP contribution in [0.1, 0.15) is 77.0 Å². The maximum atomic E-state index is 14.2. The molecular formula is C53H79ClN10O13P2. The second kappa shape index (κ2) is 34.3. The molecule has 3 aliphatic rings. The number of nitrogens with one attached hydrogen (secondary N) is 1. The normalized spacial score (nSPS) is 30.2. The van der Waals surface area contributed by atoms with Crippen LogP contribution in [0, 0.1) is 29.6 Å². The summed E-state index contributed by atoms with van der Waals surface area (Å²) in [5.74, 6) is -0.695. The largest absolute Gasteiger partial charge is 0.374 e. The van der Waals surface area contributed by atoms with Crippen molar-refractivity contribution in [2.45, 2.75) is 142 Å². The zero-order valence-corrected chi connectivity index (χ0v) is 49.0. The quantitative estimate of drug-likeness (QED) is 0.0162. The molecule has 3 saturated heterocycles. The molecule has 0 aliphatic carbocycles. The predicted molar refractivity (Wildman–Crippen MR) is 298 cm³/mol. The molecule has 23 nitrogen and oxygen atoms in total. The standard InChI is InChI=1S/C32H46N6O10P2.C21H33ClN4O3/c1-21-22(2)28(35-37-33)31(44-26(21)19-42-17-24-13-9-7-10-14-24)48-50(6,40)46-30-23(3)29(36-38-34)32(47-49(5,39)41-4)45-27(30)20-43-18-25-15-11-8-12-16-25;1-16-17(2)20(25-26-23)21(28-13-9-4-3-8-12-24-22)29-19(16)15-27-14-18-10-6-5-7-11-18/h7-16,21-23,26-32H,17-20H2,1-6H3;5-7,10-11,16-17,19-21,24H,3-4,8-9,12-15H2,1-2H3/t21-,22-,23+,26?,27?,28?,29?,30-,31+,32+,49?,50?;16-,17-,19?,20?,21-/m00/s1. The van der Waals surface area contributed by atoms with Gasteiger partial charge < -0.3 is 42.2 Å². The Bertz CT molecular complexity index is 2490. The van der Waals surface area contributed by atoms with Crippen LogP contribution in [0.2, 0.25) is 0 Å². The third kappa shape index (κ3) is 21.3. The van der Waals surface area contributed by atoms with Gasteiger partial charge in [0.2, 0.25) is 0 Å². The van der Waals surface area contributed by atoms with Crippen molar-refractivity contribution in [1.29, 1.82) is 0 Å². The zero-order chi connectivity index (χ0) is 57.2. The summed E-state index contributed by atoms with van der Waals surface area (Å²) in [4.78, 5) is 11.6. The molecule has 8 unspecified atom stereocenters. The number of halogens is 1. The van der Waals surface area contributed by atoms with Gasteiger partial charge in [0.25, 0.3) is 0 Å². The van der Waals surface area contributed by atoms with Gasteiger partial charge in [-0.1, -0.05) is 154 Å². The molecule has 26 heteroatoms. The number of rotatable bonds is 30. The first kappa shape index (κ1) is 65.7. The van der Waals surface area contributed by atoms with Crippen molar-refractivity contribution in [3.63, 3.8) is 0 Å². The number of hydrogen-bond acceptors (Lipinski definition) is 17. The minimum Gasteiger partial charge on any atom is -0.374 e. The molecule has 0 bridgehead atoms. The van der Waals surface area contributed by atoms with E-state index in [0.717, 1.165) is 48.9 Å². The van der Waals surface area contributed by atoms with E-state index in [1.807, 2.05) is 105 Å². The van der Waals surface area contributed by atoms with E-state index in [2.05, 4.69) is 48.8 Å². The van der Waals surface area contributed by atoms with E-state index in [9.17, 15) is 20.2 Å². The second-order valence-electron chi connectivity index (χ2n) is 20.2. The van der Waals surface area contributed by atoms with Gasteiger partial charge in [-0.05, 0) is 87.5 Å². The minimum atomic E-state index is -4.05. The lowest BCUT2D eigenvalue weighted by molar-refractivity contribution is -0.240. The third-order valence-electron chi connectivity index (χ3n) is 14.5. The van der Waals surface area contributed by atoms with E-state index in [-0.39, 0.29) is 55.6 Å². The number of hydrogen-bond donors (Lipinski definition) is 1. The van der Waals surface area contributed by atoms with Gasteiger partial charge in [0, 0.05) is 48.3 Å². The Morgan fingerprint density at radius 1 is 0.532 bits per heavy atom. The monoisotopic (exact) mass is 1160 g/mol. The first-order valence-corrected chi connectivity index (χ1v) is 31.1. The summed E-state index contributed by atoms with van der Waals surface area (Å²) in [5.41, 5.74) is 30.8. The van der Waals surface area contributed by atoms with Crippen molar-refractivity contribution in [3.05, 3.63) is 139 Å².